The van der Waals surface area contributed by atoms with Gasteiger partial charge in [0, 0.05) is 24.8 Å². The van der Waals surface area contributed by atoms with E-state index >= 15 is 0 Å². The monoisotopic (exact) mass is 338 g/mol. The first kappa shape index (κ1) is 19.8. The molecule has 24 heavy (non-hydrogen) atoms. The molecule has 0 aliphatic rings. The number of carbonyl (C=O) groups is 2. The van der Waals surface area contributed by atoms with E-state index in [4.69, 9.17) is 9.47 Å². The number of likely N-dealkylation sites (N-methyl/N-ethyl adjacent to an activating group) is 2. The Morgan fingerprint density at radius 3 is 2.25 bits per heavy atom. The van der Waals surface area contributed by atoms with Gasteiger partial charge in [0.2, 0.25) is 0 Å². The van der Waals surface area contributed by atoms with E-state index < -0.39 is 0 Å². The second kappa shape index (κ2) is 9.77. The van der Waals surface area contributed by atoms with Crippen LogP contribution in [-0.4, -0.2) is 64.2 Å². The molecule has 0 aliphatic heterocycles. The van der Waals surface area contributed by atoms with E-state index in [1.54, 1.807) is 37.3 Å². The molecule has 1 aromatic carbocycles. The number of anilines is 1. The Kier molecular flexibility index (Phi) is 8.05. The number of rotatable bonds is 9. The number of amides is 2. The fourth-order valence-electron chi connectivity index (χ4n) is 2.40. The number of benzene rings is 1. The van der Waals surface area contributed by atoms with Crippen LogP contribution in [0.1, 0.15) is 13.8 Å². The lowest BCUT2D eigenvalue weighted by Gasteiger charge is -2.21. The summed E-state index contributed by atoms with van der Waals surface area (Å²) in [5, 5.41) is 2.81. The zero-order chi connectivity index (χ0) is 18.1. The van der Waals surface area contributed by atoms with Gasteiger partial charge in [0.1, 0.15) is 0 Å². The van der Waals surface area contributed by atoms with Gasteiger partial charge in [-0.1, -0.05) is 0 Å². The zero-order valence-corrected chi connectivity index (χ0v) is 15.1. The molecule has 2 amide bonds. The first-order valence-corrected chi connectivity index (χ1v) is 8.06. The highest BCUT2D eigenvalue weighted by atomic mass is 16.5. The molecule has 1 aromatic rings. The maximum atomic E-state index is 12.1. The summed E-state index contributed by atoms with van der Waals surface area (Å²) in [5.41, 5.74) is 0.625. The molecule has 7 nitrogen and oxygen atoms in total. The molecule has 1 unspecified atom stereocenters. The maximum Gasteiger partial charge on any atom is 0.279 e. The average molecular weight is 338 g/mol. The first-order valence-electron chi connectivity index (χ1n) is 8.06. The summed E-state index contributed by atoms with van der Waals surface area (Å²) in [7, 11) is 4.93. The van der Waals surface area contributed by atoms with Crippen molar-refractivity contribution in [2.24, 2.45) is 0 Å². The van der Waals surface area contributed by atoms with Crippen LogP contribution in [0.3, 0.4) is 0 Å². The zero-order valence-electron chi connectivity index (χ0n) is 15.1. The molecular formula is C17H28N3O4+. The second-order valence-electron chi connectivity index (χ2n) is 5.49. The molecule has 0 aliphatic carbocycles. The Morgan fingerprint density at radius 1 is 1.08 bits per heavy atom. The number of nitrogens with zero attached hydrogens (tertiary/aromatic N) is 1. The molecule has 134 valence electrons. The summed E-state index contributed by atoms with van der Waals surface area (Å²) >= 11 is 0. The van der Waals surface area contributed by atoms with E-state index in [1.165, 1.54) is 0 Å². The Morgan fingerprint density at radius 2 is 1.71 bits per heavy atom. The number of nitrogens with one attached hydrogen (secondary N) is 2. The maximum absolute atomic E-state index is 12.1. The number of hydrogen-bond donors (Lipinski definition) is 2. The standard InChI is InChI=1S/C17H27N3O4/c1-6-20(7-2)17(22)12-19(3)11-16(21)18-13-8-9-14(23-4)15(10-13)24-5/h8-10H,6-7,11-12H2,1-5H3,(H,18,21)/p+1. The lowest BCUT2D eigenvalue weighted by Crippen LogP contribution is -3.11. The van der Waals surface area contributed by atoms with Gasteiger partial charge in [0.25, 0.3) is 11.8 Å². The van der Waals surface area contributed by atoms with Crippen LogP contribution in [0.5, 0.6) is 11.5 Å². The number of methoxy groups -OCH3 is 2. The quantitative estimate of drug-likeness (QED) is 0.666. The molecular weight excluding hydrogens is 310 g/mol. The van der Waals surface area contributed by atoms with E-state index in [2.05, 4.69) is 5.32 Å². The number of hydrogen-bond acceptors (Lipinski definition) is 4. The summed E-state index contributed by atoms with van der Waals surface area (Å²) in [4.78, 5) is 26.8. The van der Waals surface area contributed by atoms with Crippen LogP contribution in [0.4, 0.5) is 5.69 Å². The van der Waals surface area contributed by atoms with Crippen LogP contribution in [0.2, 0.25) is 0 Å². The van der Waals surface area contributed by atoms with Gasteiger partial charge in [0.15, 0.2) is 24.6 Å². The topological polar surface area (TPSA) is 72.3 Å². The number of carbonyl (C=O) groups excluding carboxylic acids is 2. The summed E-state index contributed by atoms with van der Waals surface area (Å²) in [6.45, 7) is 5.75. The molecule has 0 spiro atoms. The molecule has 0 bridgehead atoms. The van der Waals surface area contributed by atoms with E-state index in [-0.39, 0.29) is 18.4 Å². The van der Waals surface area contributed by atoms with E-state index in [9.17, 15) is 9.59 Å². The predicted molar refractivity (Wildman–Crippen MR) is 92.7 cm³/mol. The van der Waals surface area contributed by atoms with Crippen molar-refractivity contribution in [3.05, 3.63) is 18.2 Å². The Balaban J connectivity index is 2.58. The van der Waals surface area contributed by atoms with Crippen molar-refractivity contribution in [1.29, 1.82) is 0 Å². The smallest absolute Gasteiger partial charge is 0.279 e. The first-order chi connectivity index (χ1) is 11.4. The van der Waals surface area contributed by atoms with E-state index in [0.717, 1.165) is 4.90 Å². The third-order valence-corrected chi connectivity index (χ3v) is 3.70. The van der Waals surface area contributed by atoms with Crippen LogP contribution in [-0.2, 0) is 9.59 Å². The van der Waals surface area contributed by atoms with Gasteiger partial charge in [-0.15, -0.1) is 0 Å². The fraction of sp³-hybridized carbons (Fsp3) is 0.529. The number of ether oxygens (including phenoxy) is 2. The van der Waals surface area contributed by atoms with Crippen LogP contribution in [0.25, 0.3) is 0 Å². The van der Waals surface area contributed by atoms with Crippen molar-refractivity contribution in [2.45, 2.75) is 13.8 Å². The molecule has 1 rings (SSSR count). The van der Waals surface area contributed by atoms with Gasteiger partial charge in [0.05, 0.1) is 21.3 Å². The highest BCUT2D eigenvalue weighted by molar-refractivity contribution is 5.92. The lowest BCUT2D eigenvalue weighted by atomic mass is 10.2. The fourth-order valence-corrected chi connectivity index (χ4v) is 2.40. The van der Waals surface area contributed by atoms with E-state index in [1.807, 2.05) is 20.9 Å². The van der Waals surface area contributed by atoms with Crippen LogP contribution in [0.15, 0.2) is 18.2 Å². The third kappa shape index (κ3) is 5.73. The van der Waals surface area contributed by atoms with Crippen molar-refractivity contribution in [2.75, 3.05) is 52.8 Å². The van der Waals surface area contributed by atoms with E-state index in [0.29, 0.717) is 36.8 Å². The van der Waals surface area contributed by atoms with Gasteiger partial charge in [-0.3, -0.25) is 9.59 Å². The largest absolute Gasteiger partial charge is 0.493 e. The van der Waals surface area contributed by atoms with Gasteiger partial charge in [-0.05, 0) is 26.0 Å². The van der Waals surface area contributed by atoms with Gasteiger partial charge in [-0.2, -0.15) is 0 Å². The minimum absolute atomic E-state index is 0.0522. The van der Waals surface area contributed by atoms with Crippen molar-refractivity contribution in [3.63, 3.8) is 0 Å². The molecule has 1 atom stereocenters. The van der Waals surface area contributed by atoms with Gasteiger partial charge in [-0.25, -0.2) is 0 Å². The minimum atomic E-state index is -0.160. The SMILES string of the molecule is CCN(CC)C(=O)C[NH+](C)CC(=O)Nc1ccc(OC)c(OC)c1. The predicted octanol–water partition coefficient (Wildman–Crippen LogP) is 0.0254. The summed E-state index contributed by atoms with van der Waals surface area (Å²) in [6, 6.07) is 5.18. The van der Waals surface area contributed by atoms with Crippen molar-refractivity contribution < 1.29 is 24.0 Å². The molecule has 2 N–H and O–H groups in total. The molecule has 0 saturated carbocycles. The molecule has 0 fully saturated rings. The van der Waals surface area contributed by atoms with Crippen LogP contribution >= 0.6 is 0 Å². The average Bonchev–Trinajstić information content (AvgIpc) is 2.55. The summed E-state index contributed by atoms with van der Waals surface area (Å²) < 4.78 is 10.4. The summed E-state index contributed by atoms with van der Waals surface area (Å²) in [6.07, 6.45) is 0. The lowest BCUT2D eigenvalue weighted by molar-refractivity contribution is -0.862. The van der Waals surface area contributed by atoms with Gasteiger partial charge < -0.3 is 24.6 Å². The summed E-state index contributed by atoms with van der Waals surface area (Å²) in [5.74, 6) is 1.04. The number of quaternary nitrogens is 1. The molecule has 0 saturated heterocycles. The minimum Gasteiger partial charge on any atom is -0.493 e. The van der Waals surface area contributed by atoms with Crippen LogP contribution in [0, 0.1) is 0 Å². The Bertz CT molecular complexity index is 559. The van der Waals surface area contributed by atoms with Crippen LogP contribution < -0.4 is 19.7 Å². The van der Waals surface area contributed by atoms with Gasteiger partial charge >= 0.3 is 0 Å². The van der Waals surface area contributed by atoms with Crippen molar-refractivity contribution in [1.82, 2.24) is 4.90 Å². The Hall–Kier alpha value is -2.28. The third-order valence-electron chi connectivity index (χ3n) is 3.70. The molecule has 7 heteroatoms. The molecule has 0 heterocycles. The normalized spacial score (nSPS) is 11.5. The van der Waals surface area contributed by atoms with Crippen molar-refractivity contribution in [3.8, 4) is 11.5 Å². The van der Waals surface area contributed by atoms with Crippen molar-refractivity contribution >= 4 is 17.5 Å². The second-order valence-corrected chi connectivity index (χ2v) is 5.49. The molecule has 0 radical (unpaired) electrons. The molecule has 0 aromatic heterocycles. The highest BCUT2D eigenvalue weighted by Crippen LogP contribution is 2.29. The highest BCUT2D eigenvalue weighted by Gasteiger charge is 2.18. The Labute approximate surface area is 143 Å².